The van der Waals surface area contributed by atoms with Crippen LogP contribution < -0.4 is 10.2 Å². The molecule has 1 aliphatic heterocycles. The highest BCUT2D eigenvalue weighted by atomic mass is 32.2. The van der Waals surface area contributed by atoms with Crippen LogP contribution in [0, 0.1) is 0 Å². The van der Waals surface area contributed by atoms with E-state index in [9.17, 15) is 26.4 Å². The lowest BCUT2D eigenvalue weighted by molar-refractivity contribution is -0.126. The standard InChI is InChI=1S/C19H26F3N3O3S/c1-14(18(26)23-15-6-2-3-7-15)24-10-12-25(13-11-24)16-8-4-5-9-17(16)29(27,28)19(20,21)22/h4-5,8-9,14-15H,2-3,6-7,10-13H2,1H3,(H,23,26). The Morgan fingerprint density at radius 1 is 1.10 bits per heavy atom. The van der Waals surface area contributed by atoms with E-state index < -0.39 is 20.2 Å². The Balaban J connectivity index is 1.66. The number of sulfone groups is 1. The summed E-state index contributed by atoms with van der Waals surface area (Å²) >= 11 is 0. The molecule has 1 unspecified atom stereocenters. The number of carbonyl (C=O) groups is 1. The Morgan fingerprint density at radius 3 is 2.28 bits per heavy atom. The van der Waals surface area contributed by atoms with Crippen molar-refractivity contribution in [2.75, 3.05) is 31.1 Å². The highest BCUT2D eigenvalue weighted by molar-refractivity contribution is 7.92. The van der Waals surface area contributed by atoms with E-state index in [-0.39, 0.29) is 23.7 Å². The number of alkyl halides is 3. The minimum absolute atomic E-state index is 0.0367. The summed E-state index contributed by atoms with van der Waals surface area (Å²) in [4.78, 5) is 15.4. The van der Waals surface area contributed by atoms with E-state index in [0.29, 0.717) is 26.2 Å². The second-order valence-corrected chi connectivity index (χ2v) is 9.52. The molecule has 1 saturated heterocycles. The number of hydrogen-bond donors (Lipinski definition) is 1. The highest BCUT2D eigenvalue weighted by Gasteiger charge is 2.48. The number of halogens is 3. The van der Waals surface area contributed by atoms with Crippen molar-refractivity contribution in [2.24, 2.45) is 0 Å². The number of benzene rings is 1. The minimum atomic E-state index is -5.43. The van der Waals surface area contributed by atoms with Crippen molar-refractivity contribution < 1.29 is 26.4 Å². The van der Waals surface area contributed by atoms with E-state index in [1.165, 1.54) is 18.2 Å². The highest BCUT2D eigenvalue weighted by Crippen LogP contribution is 2.36. The predicted molar refractivity (Wildman–Crippen MR) is 103 cm³/mol. The van der Waals surface area contributed by atoms with Crippen LogP contribution in [0.2, 0.25) is 0 Å². The SMILES string of the molecule is CC(C(=O)NC1CCCC1)N1CCN(c2ccccc2S(=O)(=O)C(F)(F)F)CC1. The smallest absolute Gasteiger partial charge is 0.368 e. The Morgan fingerprint density at radius 2 is 1.69 bits per heavy atom. The van der Waals surface area contributed by atoms with Crippen LogP contribution in [0.5, 0.6) is 0 Å². The van der Waals surface area contributed by atoms with Crippen LogP contribution in [-0.2, 0) is 14.6 Å². The average Bonchev–Trinajstić information content (AvgIpc) is 3.19. The molecule has 29 heavy (non-hydrogen) atoms. The normalized spacial score (nSPS) is 20.6. The third kappa shape index (κ3) is 4.69. The van der Waals surface area contributed by atoms with E-state index in [4.69, 9.17) is 0 Å². The minimum Gasteiger partial charge on any atom is -0.368 e. The molecule has 10 heteroatoms. The van der Waals surface area contributed by atoms with Crippen molar-refractivity contribution in [1.82, 2.24) is 10.2 Å². The Labute approximate surface area is 169 Å². The number of amides is 1. The lowest BCUT2D eigenvalue weighted by atomic mass is 10.1. The van der Waals surface area contributed by atoms with Crippen molar-refractivity contribution in [3.8, 4) is 0 Å². The van der Waals surface area contributed by atoms with Crippen LogP contribution in [0.4, 0.5) is 18.9 Å². The summed E-state index contributed by atoms with van der Waals surface area (Å²) in [6.45, 7) is 3.41. The molecule has 1 heterocycles. The third-order valence-corrected chi connectivity index (χ3v) is 7.28. The summed E-state index contributed by atoms with van der Waals surface area (Å²) in [5, 5.41) is 3.07. The molecular formula is C19H26F3N3O3S. The van der Waals surface area contributed by atoms with Gasteiger partial charge < -0.3 is 10.2 Å². The van der Waals surface area contributed by atoms with Gasteiger partial charge in [0.1, 0.15) is 0 Å². The average molecular weight is 433 g/mol. The third-order valence-electron chi connectivity index (χ3n) is 5.74. The predicted octanol–water partition coefficient (Wildman–Crippen LogP) is 2.55. The van der Waals surface area contributed by atoms with Gasteiger partial charge in [0.05, 0.1) is 16.6 Å². The van der Waals surface area contributed by atoms with Crippen molar-refractivity contribution in [3.63, 3.8) is 0 Å². The quantitative estimate of drug-likeness (QED) is 0.773. The fourth-order valence-electron chi connectivity index (χ4n) is 3.98. The molecule has 162 valence electrons. The second kappa shape index (κ2) is 8.51. The number of nitrogens with one attached hydrogen (secondary N) is 1. The lowest BCUT2D eigenvalue weighted by Crippen LogP contribution is -2.55. The van der Waals surface area contributed by atoms with Crippen LogP contribution in [0.1, 0.15) is 32.6 Å². The zero-order chi connectivity index (χ0) is 21.2. The van der Waals surface area contributed by atoms with E-state index >= 15 is 0 Å². The first kappa shape index (κ1) is 21.9. The van der Waals surface area contributed by atoms with Gasteiger partial charge in [0.15, 0.2) is 0 Å². The van der Waals surface area contributed by atoms with Gasteiger partial charge in [-0.05, 0) is 31.9 Å². The van der Waals surface area contributed by atoms with Gasteiger partial charge in [-0.25, -0.2) is 8.42 Å². The van der Waals surface area contributed by atoms with Crippen molar-refractivity contribution in [2.45, 2.75) is 55.1 Å². The molecule has 1 aliphatic carbocycles. The van der Waals surface area contributed by atoms with Gasteiger partial charge in [0.2, 0.25) is 5.91 Å². The zero-order valence-corrected chi connectivity index (χ0v) is 17.1. The van der Waals surface area contributed by atoms with Crippen LogP contribution in [-0.4, -0.2) is 63.0 Å². The van der Waals surface area contributed by atoms with Gasteiger partial charge in [-0.1, -0.05) is 25.0 Å². The lowest BCUT2D eigenvalue weighted by Gasteiger charge is -2.39. The maximum atomic E-state index is 13.0. The largest absolute Gasteiger partial charge is 0.501 e. The molecule has 1 amide bonds. The maximum Gasteiger partial charge on any atom is 0.501 e. The van der Waals surface area contributed by atoms with E-state index in [0.717, 1.165) is 31.7 Å². The molecular weight excluding hydrogens is 407 g/mol. The first-order valence-corrected chi connectivity index (χ1v) is 11.3. The molecule has 1 saturated carbocycles. The number of carbonyl (C=O) groups excluding carboxylic acids is 1. The van der Waals surface area contributed by atoms with Crippen molar-refractivity contribution in [1.29, 1.82) is 0 Å². The molecule has 2 fully saturated rings. The molecule has 3 rings (SSSR count). The summed E-state index contributed by atoms with van der Waals surface area (Å²) in [7, 11) is -5.43. The first-order valence-electron chi connectivity index (χ1n) is 9.81. The summed E-state index contributed by atoms with van der Waals surface area (Å²) in [6.07, 6.45) is 4.24. The van der Waals surface area contributed by atoms with E-state index in [1.54, 1.807) is 4.90 Å². The van der Waals surface area contributed by atoms with E-state index in [2.05, 4.69) is 5.32 Å². The van der Waals surface area contributed by atoms with Gasteiger partial charge in [0.25, 0.3) is 9.84 Å². The first-order chi connectivity index (χ1) is 13.6. The van der Waals surface area contributed by atoms with Crippen LogP contribution in [0.15, 0.2) is 29.2 Å². The van der Waals surface area contributed by atoms with E-state index in [1.807, 2.05) is 11.8 Å². The molecule has 1 aromatic rings. The zero-order valence-electron chi connectivity index (χ0n) is 16.3. The van der Waals surface area contributed by atoms with Crippen LogP contribution in [0.25, 0.3) is 0 Å². The molecule has 0 spiro atoms. The van der Waals surface area contributed by atoms with Gasteiger partial charge in [-0.15, -0.1) is 0 Å². The Kier molecular flexibility index (Phi) is 6.42. The number of rotatable bonds is 5. The second-order valence-electron chi connectivity index (χ2n) is 7.61. The summed E-state index contributed by atoms with van der Waals surface area (Å²) < 4.78 is 63.0. The molecule has 6 nitrogen and oxygen atoms in total. The molecule has 1 aromatic carbocycles. The fraction of sp³-hybridized carbons (Fsp3) is 0.632. The monoisotopic (exact) mass is 433 g/mol. The van der Waals surface area contributed by atoms with Gasteiger partial charge >= 0.3 is 5.51 Å². The topological polar surface area (TPSA) is 69.7 Å². The fourth-order valence-corrected chi connectivity index (χ4v) is 4.96. The van der Waals surface area contributed by atoms with Gasteiger partial charge in [-0.2, -0.15) is 13.2 Å². The molecule has 0 radical (unpaired) electrons. The maximum absolute atomic E-state index is 13.0. The summed E-state index contributed by atoms with van der Waals surface area (Å²) in [5.74, 6) is -0.0367. The number of para-hydroxylation sites is 1. The summed E-state index contributed by atoms with van der Waals surface area (Å²) in [6, 6.07) is 5.08. The summed E-state index contributed by atoms with van der Waals surface area (Å²) in [5.41, 5.74) is -5.30. The molecule has 2 aliphatic rings. The van der Waals surface area contributed by atoms with Crippen molar-refractivity contribution >= 4 is 21.4 Å². The number of anilines is 1. The van der Waals surface area contributed by atoms with Crippen LogP contribution >= 0.6 is 0 Å². The molecule has 0 bridgehead atoms. The molecule has 0 aromatic heterocycles. The Hall–Kier alpha value is -1.81. The molecule has 1 atom stereocenters. The number of nitrogens with zero attached hydrogens (tertiary/aromatic N) is 2. The number of hydrogen-bond acceptors (Lipinski definition) is 5. The van der Waals surface area contributed by atoms with Crippen LogP contribution in [0.3, 0.4) is 0 Å². The van der Waals surface area contributed by atoms with Crippen molar-refractivity contribution in [3.05, 3.63) is 24.3 Å². The number of piperazine rings is 1. The molecule has 1 N–H and O–H groups in total. The van der Waals surface area contributed by atoms with Gasteiger partial charge in [-0.3, -0.25) is 9.69 Å². The Bertz CT molecular complexity index is 831. The van der Waals surface area contributed by atoms with Gasteiger partial charge in [0, 0.05) is 32.2 Å².